The minimum absolute atomic E-state index is 0.0126. The van der Waals surface area contributed by atoms with Crippen LogP contribution in [0.2, 0.25) is 0 Å². The predicted octanol–water partition coefficient (Wildman–Crippen LogP) is 2.76. The predicted molar refractivity (Wildman–Crippen MR) is 64.0 cm³/mol. The van der Waals surface area contributed by atoms with Crippen LogP contribution in [0.4, 0.5) is 10.1 Å². The molecular weight excluding hydrogens is 221 g/mol. The van der Waals surface area contributed by atoms with Crippen LogP contribution in [0.5, 0.6) is 0 Å². The quantitative estimate of drug-likeness (QED) is 0.859. The first-order valence-electron chi connectivity index (χ1n) is 5.85. The van der Waals surface area contributed by atoms with Gasteiger partial charge >= 0.3 is 5.97 Å². The lowest BCUT2D eigenvalue weighted by atomic mass is 9.98. The second-order valence-electron chi connectivity index (χ2n) is 4.67. The van der Waals surface area contributed by atoms with Crippen molar-refractivity contribution in [3.05, 3.63) is 29.6 Å². The van der Waals surface area contributed by atoms with Gasteiger partial charge in [0.1, 0.15) is 5.82 Å². The first kappa shape index (κ1) is 11.9. The molecule has 0 amide bonds. The number of piperidine rings is 1. The monoisotopic (exact) mass is 237 g/mol. The average molecular weight is 237 g/mol. The summed E-state index contributed by atoms with van der Waals surface area (Å²) in [5, 5.41) is 8.89. The number of aromatic carboxylic acids is 1. The van der Waals surface area contributed by atoms with Gasteiger partial charge in [0, 0.05) is 18.8 Å². The van der Waals surface area contributed by atoms with E-state index in [0.29, 0.717) is 11.6 Å². The fraction of sp³-hybridized carbons (Fsp3) is 0.462. The first-order chi connectivity index (χ1) is 8.06. The molecule has 1 saturated heterocycles. The van der Waals surface area contributed by atoms with Crippen molar-refractivity contribution in [1.29, 1.82) is 0 Å². The van der Waals surface area contributed by atoms with Crippen LogP contribution in [0.25, 0.3) is 0 Å². The third kappa shape index (κ3) is 2.75. The lowest BCUT2D eigenvalue weighted by Gasteiger charge is -2.32. The van der Waals surface area contributed by atoms with Crippen molar-refractivity contribution >= 4 is 11.7 Å². The number of hydrogen-bond donors (Lipinski definition) is 1. The summed E-state index contributed by atoms with van der Waals surface area (Å²) in [5.74, 6) is -0.881. The molecule has 0 atom stereocenters. The summed E-state index contributed by atoms with van der Waals surface area (Å²) in [7, 11) is 0. The molecular formula is C13H16FNO2. The Morgan fingerprint density at radius 1 is 1.35 bits per heavy atom. The number of anilines is 1. The zero-order valence-corrected chi connectivity index (χ0v) is 9.82. The Hall–Kier alpha value is -1.58. The van der Waals surface area contributed by atoms with Crippen molar-refractivity contribution < 1.29 is 14.3 Å². The van der Waals surface area contributed by atoms with Crippen molar-refractivity contribution in [2.75, 3.05) is 18.0 Å². The van der Waals surface area contributed by atoms with Crippen LogP contribution in [-0.4, -0.2) is 24.2 Å². The van der Waals surface area contributed by atoms with E-state index >= 15 is 0 Å². The first-order valence-corrected chi connectivity index (χ1v) is 5.85. The molecule has 0 bridgehead atoms. The van der Waals surface area contributed by atoms with Crippen molar-refractivity contribution in [3.63, 3.8) is 0 Å². The van der Waals surface area contributed by atoms with Crippen LogP contribution >= 0.6 is 0 Å². The zero-order valence-electron chi connectivity index (χ0n) is 9.82. The Balaban J connectivity index is 2.23. The third-order valence-corrected chi connectivity index (χ3v) is 3.28. The van der Waals surface area contributed by atoms with Gasteiger partial charge in [-0.1, -0.05) is 6.92 Å². The van der Waals surface area contributed by atoms with Crippen molar-refractivity contribution in [2.45, 2.75) is 19.8 Å². The summed E-state index contributed by atoms with van der Waals surface area (Å²) in [6.07, 6.45) is 2.14. The molecule has 1 aliphatic heterocycles. The van der Waals surface area contributed by atoms with Gasteiger partial charge in [-0.2, -0.15) is 0 Å². The van der Waals surface area contributed by atoms with E-state index in [2.05, 4.69) is 11.8 Å². The second-order valence-corrected chi connectivity index (χ2v) is 4.67. The van der Waals surface area contributed by atoms with E-state index in [1.165, 1.54) is 6.07 Å². The van der Waals surface area contributed by atoms with Crippen LogP contribution in [0.3, 0.4) is 0 Å². The highest BCUT2D eigenvalue weighted by molar-refractivity contribution is 5.88. The molecule has 1 aliphatic rings. The second kappa shape index (κ2) is 4.73. The van der Waals surface area contributed by atoms with Gasteiger partial charge in [0.05, 0.1) is 5.56 Å². The summed E-state index contributed by atoms with van der Waals surface area (Å²) in [6.45, 7) is 3.93. The third-order valence-electron chi connectivity index (χ3n) is 3.28. The fourth-order valence-corrected chi connectivity index (χ4v) is 2.15. The molecule has 0 saturated carbocycles. The number of hydrogen-bond acceptors (Lipinski definition) is 2. The van der Waals surface area contributed by atoms with Crippen molar-refractivity contribution in [3.8, 4) is 0 Å². The van der Waals surface area contributed by atoms with E-state index in [1.807, 2.05) is 0 Å². The Kier molecular flexibility index (Phi) is 3.31. The molecule has 1 heterocycles. The van der Waals surface area contributed by atoms with Crippen LogP contribution in [-0.2, 0) is 0 Å². The van der Waals surface area contributed by atoms with Gasteiger partial charge in [-0.15, -0.1) is 0 Å². The van der Waals surface area contributed by atoms with E-state index in [9.17, 15) is 9.18 Å². The number of rotatable bonds is 2. The van der Waals surface area contributed by atoms with Crippen molar-refractivity contribution in [1.82, 2.24) is 0 Å². The Morgan fingerprint density at radius 3 is 2.59 bits per heavy atom. The number of carboxylic acids is 1. The lowest BCUT2D eigenvalue weighted by molar-refractivity contribution is 0.0696. The molecule has 92 valence electrons. The summed E-state index contributed by atoms with van der Waals surface area (Å²) in [5.41, 5.74) is 0.688. The molecule has 17 heavy (non-hydrogen) atoms. The summed E-state index contributed by atoms with van der Waals surface area (Å²) >= 11 is 0. The Bertz CT molecular complexity index is 425. The summed E-state index contributed by atoms with van der Waals surface area (Å²) in [4.78, 5) is 12.9. The van der Waals surface area contributed by atoms with Crippen LogP contribution in [0.15, 0.2) is 18.2 Å². The molecule has 0 aliphatic carbocycles. The topological polar surface area (TPSA) is 40.5 Å². The highest BCUT2D eigenvalue weighted by Crippen LogP contribution is 2.24. The fourth-order valence-electron chi connectivity index (χ4n) is 2.15. The molecule has 2 rings (SSSR count). The molecule has 0 unspecified atom stereocenters. The maximum atomic E-state index is 13.3. The van der Waals surface area contributed by atoms with Crippen LogP contribution in [0.1, 0.15) is 30.1 Å². The van der Waals surface area contributed by atoms with E-state index in [1.54, 1.807) is 6.07 Å². The molecule has 1 aromatic rings. The smallest absolute Gasteiger partial charge is 0.335 e. The van der Waals surface area contributed by atoms with Crippen LogP contribution in [0, 0.1) is 11.7 Å². The van der Waals surface area contributed by atoms with Gasteiger partial charge in [-0.25, -0.2) is 9.18 Å². The van der Waals surface area contributed by atoms with Gasteiger partial charge in [0.2, 0.25) is 0 Å². The van der Waals surface area contributed by atoms with Gasteiger partial charge in [-0.05, 0) is 37.0 Å². The number of carboxylic acid groups (broad SMARTS) is 1. The number of benzene rings is 1. The van der Waals surface area contributed by atoms with E-state index in [-0.39, 0.29) is 5.56 Å². The van der Waals surface area contributed by atoms with Gasteiger partial charge in [0.25, 0.3) is 0 Å². The highest BCUT2D eigenvalue weighted by Gasteiger charge is 2.18. The van der Waals surface area contributed by atoms with E-state index in [0.717, 1.165) is 32.0 Å². The molecule has 0 aromatic heterocycles. The van der Waals surface area contributed by atoms with Crippen molar-refractivity contribution in [2.24, 2.45) is 5.92 Å². The Morgan fingerprint density at radius 2 is 2.00 bits per heavy atom. The molecule has 1 N–H and O–H groups in total. The maximum absolute atomic E-state index is 13.3. The molecule has 3 nitrogen and oxygen atoms in total. The van der Waals surface area contributed by atoms with E-state index in [4.69, 9.17) is 5.11 Å². The maximum Gasteiger partial charge on any atom is 0.335 e. The average Bonchev–Trinajstić information content (AvgIpc) is 2.29. The summed E-state index contributed by atoms with van der Waals surface area (Å²) in [6, 6.07) is 4.00. The van der Waals surface area contributed by atoms with Gasteiger partial charge in [0.15, 0.2) is 0 Å². The normalized spacial score (nSPS) is 17.2. The number of nitrogens with zero attached hydrogens (tertiary/aromatic N) is 1. The lowest BCUT2D eigenvalue weighted by Crippen LogP contribution is -2.32. The largest absolute Gasteiger partial charge is 0.478 e. The van der Waals surface area contributed by atoms with Gasteiger partial charge < -0.3 is 10.0 Å². The van der Waals surface area contributed by atoms with Gasteiger partial charge in [-0.3, -0.25) is 0 Å². The standard InChI is InChI=1S/C13H16FNO2/c1-9-2-4-15(5-3-9)12-7-10(13(16)17)6-11(14)8-12/h6-9H,2-5H2,1H3,(H,16,17). The zero-order chi connectivity index (χ0) is 12.4. The van der Waals surface area contributed by atoms with Crippen LogP contribution < -0.4 is 4.90 Å². The minimum Gasteiger partial charge on any atom is -0.478 e. The van der Waals surface area contributed by atoms with E-state index < -0.39 is 11.8 Å². The molecule has 0 radical (unpaired) electrons. The number of halogens is 1. The minimum atomic E-state index is -1.09. The Labute approximate surface area is 99.9 Å². The highest BCUT2D eigenvalue weighted by atomic mass is 19.1. The molecule has 0 spiro atoms. The molecule has 4 heteroatoms. The summed E-state index contributed by atoms with van der Waals surface area (Å²) < 4.78 is 13.3. The molecule has 1 aromatic carbocycles. The number of carbonyl (C=O) groups is 1. The SMILES string of the molecule is CC1CCN(c2cc(F)cc(C(=O)O)c2)CC1. The molecule has 1 fully saturated rings.